The van der Waals surface area contributed by atoms with Crippen molar-refractivity contribution in [2.45, 2.75) is 0 Å². The standard InChI is InChI=1S/C17H13NO/c19-18-12-11-16(14-7-3-1-4-8-14)13-17(18)15-9-5-2-6-10-15/h1-13H. The topological polar surface area (TPSA) is 26.9 Å². The highest BCUT2D eigenvalue weighted by atomic mass is 16.5. The molecule has 0 amide bonds. The van der Waals surface area contributed by atoms with Crippen LogP contribution in [0.25, 0.3) is 22.4 Å². The molecule has 0 atom stereocenters. The number of nitrogens with zero attached hydrogens (tertiary/aromatic N) is 1. The molecule has 0 aliphatic heterocycles. The van der Waals surface area contributed by atoms with Gasteiger partial charge in [-0.05, 0) is 23.3 Å². The fourth-order valence-corrected chi connectivity index (χ4v) is 2.12. The molecule has 0 saturated heterocycles. The molecular formula is C17H13NO. The van der Waals surface area contributed by atoms with Crippen molar-refractivity contribution >= 4 is 0 Å². The third-order valence-corrected chi connectivity index (χ3v) is 3.10. The van der Waals surface area contributed by atoms with Crippen molar-refractivity contribution in [1.82, 2.24) is 0 Å². The van der Waals surface area contributed by atoms with Gasteiger partial charge in [-0.15, -0.1) is 0 Å². The van der Waals surface area contributed by atoms with Gasteiger partial charge in [0.1, 0.15) is 0 Å². The third kappa shape index (κ3) is 2.33. The number of benzene rings is 2. The molecule has 92 valence electrons. The molecule has 1 heterocycles. The summed E-state index contributed by atoms with van der Waals surface area (Å²) in [6, 6.07) is 23.5. The van der Waals surface area contributed by atoms with Crippen LogP contribution in [-0.4, -0.2) is 0 Å². The summed E-state index contributed by atoms with van der Waals surface area (Å²) in [6.45, 7) is 0. The molecule has 0 aliphatic rings. The van der Waals surface area contributed by atoms with Crippen LogP contribution < -0.4 is 4.73 Å². The van der Waals surface area contributed by atoms with Crippen molar-refractivity contribution < 1.29 is 4.73 Å². The molecule has 0 N–H and O–H groups in total. The fraction of sp³-hybridized carbons (Fsp3) is 0. The quantitative estimate of drug-likeness (QED) is 0.501. The Morgan fingerprint density at radius 3 is 1.84 bits per heavy atom. The number of aromatic nitrogens is 1. The highest BCUT2D eigenvalue weighted by molar-refractivity contribution is 5.68. The van der Waals surface area contributed by atoms with E-state index < -0.39 is 0 Å². The third-order valence-electron chi connectivity index (χ3n) is 3.10. The highest BCUT2D eigenvalue weighted by Gasteiger charge is 2.10. The van der Waals surface area contributed by atoms with Crippen molar-refractivity contribution in [3.63, 3.8) is 0 Å². The van der Waals surface area contributed by atoms with E-state index in [9.17, 15) is 5.21 Å². The van der Waals surface area contributed by atoms with Gasteiger partial charge >= 0.3 is 0 Å². The molecule has 3 rings (SSSR count). The van der Waals surface area contributed by atoms with E-state index in [0.717, 1.165) is 21.4 Å². The molecule has 2 aromatic carbocycles. The average Bonchev–Trinajstić information content (AvgIpc) is 2.49. The largest absolute Gasteiger partial charge is 0.618 e. The fourth-order valence-electron chi connectivity index (χ4n) is 2.12. The Hall–Kier alpha value is -2.61. The molecule has 0 fully saturated rings. The first-order chi connectivity index (χ1) is 9.34. The summed E-state index contributed by atoms with van der Waals surface area (Å²) in [4.78, 5) is 0. The lowest BCUT2D eigenvalue weighted by atomic mass is 10.0. The van der Waals surface area contributed by atoms with Gasteiger partial charge in [0.15, 0.2) is 6.20 Å². The summed E-state index contributed by atoms with van der Waals surface area (Å²) in [5.41, 5.74) is 3.75. The van der Waals surface area contributed by atoms with Crippen LogP contribution in [0.5, 0.6) is 0 Å². The molecule has 0 aliphatic carbocycles. The minimum Gasteiger partial charge on any atom is -0.618 e. The first-order valence-corrected chi connectivity index (χ1v) is 6.19. The minimum atomic E-state index is 0.668. The predicted octanol–water partition coefficient (Wildman–Crippen LogP) is 3.65. The average molecular weight is 247 g/mol. The van der Waals surface area contributed by atoms with Crippen LogP contribution in [0.4, 0.5) is 0 Å². The van der Waals surface area contributed by atoms with Gasteiger partial charge in [-0.2, -0.15) is 4.73 Å². The van der Waals surface area contributed by atoms with Crippen molar-refractivity contribution in [3.05, 3.63) is 84.2 Å². The summed E-state index contributed by atoms with van der Waals surface area (Å²) in [5, 5.41) is 11.9. The van der Waals surface area contributed by atoms with E-state index in [4.69, 9.17) is 0 Å². The highest BCUT2D eigenvalue weighted by Crippen LogP contribution is 2.23. The van der Waals surface area contributed by atoms with Crippen LogP contribution >= 0.6 is 0 Å². The Morgan fingerprint density at radius 2 is 1.21 bits per heavy atom. The number of pyridine rings is 1. The molecule has 3 aromatic rings. The van der Waals surface area contributed by atoms with Crippen LogP contribution in [0.2, 0.25) is 0 Å². The second-order valence-corrected chi connectivity index (χ2v) is 4.36. The Morgan fingerprint density at radius 1 is 0.632 bits per heavy atom. The van der Waals surface area contributed by atoms with E-state index in [1.807, 2.05) is 72.8 Å². The number of hydrogen-bond acceptors (Lipinski definition) is 1. The maximum Gasteiger partial charge on any atom is 0.224 e. The van der Waals surface area contributed by atoms with Crippen LogP contribution in [0.3, 0.4) is 0 Å². The monoisotopic (exact) mass is 247 g/mol. The number of rotatable bonds is 2. The normalized spacial score (nSPS) is 10.3. The van der Waals surface area contributed by atoms with E-state index in [0.29, 0.717) is 5.69 Å². The Kier molecular flexibility index (Phi) is 2.99. The second-order valence-electron chi connectivity index (χ2n) is 4.36. The van der Waals surface area contributed by atoms with E-state index in [1.165, 1.54) is 0 Å². The van der Waals surface area contributed by atoms with Gasteiger partial charge in [-0.3, -0.25) is 0 Å². The summed E-state index contributed by atoms with van der Waals surface area (Å²) in [5.74, 6) is 0. The number of hydrogen-bond donors (Lipinski definition) is 0. The first kappa shape index (κ1) is 11.5. The van der Waals surface area contributed by atoms with Crippen LogP contribution in [0.15, 0.2) is 79.0 Å². The summed E-state index contributed by atoms with van der Waals surface area (Å²) in [6.07, 6.45) is 1.56. The van der Waals surface area contributed by atoms with Crippen molar-refractivity contribution in [1.29, 1.82) is 0 Å². The van der Waals surface area contributed by atoms with E-state index in [2.05, 4.69) is 0 Å². The molecule has 2 nitrogen and oxygen atoms in total. The van der Waals surface area contributed by atoms with Gasteiger partial charge in [-0.1, -0.05) is 48.5 Å². The molecule has 19 heavy (non-hydrogen) atoms. The van der Waals surface area contributed by atoms with Crippen molar-refractivity contribution in [2.24, 2.45) is 0 Å². The predicted molar refractivity (Wildman–Crippen MR) is 76.3 cm³/mol. The maximum absolute atomic E-state index is 11.9. The van der Waals surface area contributed by atoms with Crippen molar-refractivity contribution in [2.75, 3.05) is 0 Å². The molecule has 0 saturated carbocycles. The molecule has 0 spiro atoms. The van der Waals surface area contributed by atoms with Gasteiger partial charge in [0.2, 0.25) is 5.69 Å². The summed E-state index contributed by atoms with van der Waals surface area (Å²) < 4.78 is 0.905. The van der Waals surface area contributed by atoms with E-state index >= 15 is 0 Å². The van der Waals surface area contributed by atoms with Crippen molar-refractivity contribution in [3.8, 4) is 22.4 Å². The molecular weight excluding hydrogens is 234 g/mol. The molecule has 0 radical (unpaired) electrons. The second kappa shape index (κ2) is 4.94. The van der Waals surface area contributed by atoms with Gasteiger partial charge in [0.25, 0.3) is 0 Å². The molecule has 2 heteroatoms. The van der Waals surface area contributed by atoms with Gasteiger partial charge < -0.3 is 5.21 Å². The SMILES string of the molecule is [O-][n+]1ccc(-c2ccccc2)cc1-c1ccccc1. The Balaban J connectivity index is 2.12. The molecule has 0 bridgehead atoms. The lowest BCUT2D eigenvalue weighted by Gasteiger charge is -2.07. The van der Waals surface area contributed by atoms with Crippen LogP contribution in [0.1, 0.15) is 0 Å². The Bertz CT molecular complexity index is 678. The maximum atomic E-state index is 11.9. The summed E-state index contributed by atoms with van der Waals surface area (Å²) >= 11 is 0. The van der Waals surface area contributed by atoms with E-state index in [-0.39, 0.29) is 0 Å². The van der Waals surface area contributed by atoms with Gasteiger partial charge in [0, 0.05) is 17.7 Å². The Labute approximate surface area is 112 Å². The van der Waals surface area contributed by atoms with Gasteiger partial charge in [-0.25, -0.2) is 0 Å². The summed E-state index contributed by atoms with van der Waals surface area (Å²) in [7, 11) is 0. The minimum absolute atomic E-state index is 0.668. The van der Waals surface area contributed by atoms with Crippen LogP contribution in [0, 0.1) is 5.21 Å². The molecule has 1 aromatic heterocycles. The zero-order valence-corrected chi connectivity index (χ0v) is 10.4. The lowest BCUT2D eigenvalue weighted by molar-refractivity contribution is -0.593. The zero-order valence-electron chi connectivity index (χ0n) is 10.4. The molecule has 0 unspecified atom stereocenters. The van der Waals surface area contributed by atoms with Gasteiger partial charge in [0.05, 0.1) is 0 Å². The lowest BCUT2D eigenvalue weighted by Crippen LogP contribution is -2.28. The smallest absolute Gasteiger partial charge is 0.224 e. The van der Waals surface area contributed by atoms with Crippen LogP contribution in [-0.2, 0) is 0 Å². The zero-order chi connectivity index (χ0) is 13.1. The first-order valence-electron chi connectivity index (χ1n) is 6.19. The van der Waals surface area contributed by atoms with E-state index in [1.54, 1.807) is 6.20 Å².